The number of carbonyl (C=O) groups excluding carboxylic acids is 1. The van der Waals surface area contributed by atoms with Gasteiger partial charge < -0.3 is 19.9 Å². The number of hydrogen-bond acceptors (Lipinski definition) is 4. The van der Waals surface area contributed by atoms with Crippen molar-refractivity contribution >= 4 is 22.9 Å². The first-order valence-corrected chi connectivity index (χ1v) is 10.6. The van der Waals surface area contributed by atoms with Gasteiger partial charge in [0, 0.05) is 6.42 Å². The van der Waals surface area contributed by atoms with Gasteiger partial charge in [0.25, 0.3) is 0 Å². The van der Waals surface area contributed by atoms with Crippen LogP contribution in [0.15, 0.2) is 41.8 Å². The molecule has 2 N–H and O–H groups in total. The van der Waals surface area contributed by atoms with E-state index in [1.54, 1.807) is 18.4 Å². The lowest BCUT2D eigenvalue weighted by Crippen LogP contribution is -3.16. The minimum Gasteiger partial charge on any atom is -0.495 e. The summed E-state index contributed by atoms with van der Waals surface area (Å²) in [5.74, 6) is 1.05. The van der Waals surface area contributed by atoms with Gasteiger partial charge in [0.2, 0.25) is 5.91 Å². The lowest BCUT2D eigenvalue weighted by molar-refractivity contribution is -0.933. The molecule has 0 saturated carbocycles. The van der Waals surface area contributed by atoms with E-state index >= 15 is 0 Å². The van der Waals surface area contributed by atoms with Crippen molar-refractivity contribution in [1.29, 1.82) is 0 Å². The zero-order valence-corrected chi connectivity index (χ0v) is 17.2. The van der Waals surface area contributed by atoms with Crippen LogP contribution >= 0.6 is 11.3 Å². The Hall–Kier alpha value is -2.05. The molecule has 1 aliphatic rings. The van der Waals surface area contributed by atoms with Crippen LogP contribution in [0, 0.1) is 0 Å². The average Bonchev–Trinajstić information content (AvgIpc) is 3.22. The van der Waals surface area contributed by atoms with Crippen LogP contribution in [0.25, 0.3) is 0 Å². The third-order valence-corrected chi connectivity index (χ3v) is 6.29. The van der Waals surface area contributed by atoms with Gasteiger partial charge >= 0.3 is 0 Å². The lowest BCUT2D eigenvalue weighted by atomic mass is 10.0. The van der Waals surface area contributed by atoms with Crippen LogP contribution < -0.4 is 19.9 Å². The summed E-state index contributed by atoms with van der Waals surface area (Å²) in [6, 6.07) is 12.9. The number of para-hydroxylation sites is 2. The fourth-order valence-corrected chi connectivity index (χ4v) is 4.93. The van der Waals surface area contributed by atoms with Crippen molar-refractivity contribution in [3.8, 4) is 5.75 Å². The lowest BCUT2D eigenvalue weighted by Gasteiger charge is -2.39. The van der Waals surface area contributed by atoms with Crippen LogP contribution in [0.4, 0.5) is 5.69 Å². The van der Waals surface area contributed by atoms with Crippen molar-refractivity contribution in [2.45, 2.75) is 32.4 Å². The molecule has 6 heteroatoms. The number of nitrogens with one attached hydrogen (secondary N) is 2. The van der Waals surface area contributed by atoms with E-state index in [1.165, 1.54) is 15.5 Å². The van der Waals surface area contributed by atoms with Gasteiger partial charge in [-0.15, -0.1) is 11.3 Å². The van der Waals surface area contributed by atoms with Crippen molar-refractivity contribution in [3.05, 3.63) is 46.7 Å². The first kappa shape index (κ1) is 19.7. The van der Waals surface area contributed by atoms with E-state index in [2.05, 4.69) is 46.8 Å². The molecule has 0 unspecified atom stereocenters. The smallest absolute Gasteiger partial charge is 0.220 e. The number of quaternary nitrogens is 1. The molecule has 1 amide bonds. The second-order valence-electron chi connectivity index (χ2n) is 7.02. The molecule has 2 aromatic rings. The van der Waals surface area contributed by atoms with Gasteiger partial charge in [-0.25, -0.2) is 0 Å². The number of thiophene rings is 1. The third-order valence-electron chi connectivity index (χ3n) is 5.33. The summed E-state index contributed by atoms with van der Waals surface area (Å²) in [6.07, 6.45) is 0.526. The zero-order valence-electron chi connectivity index (χ0n) is 16.4. The summed E-state index contributed by atoms with van der Waals surface area (Å²) in [5, 5.41) is 5.32. The number of benzene rings is 1. The number of ether oxygens (including phenoxy) is 1. The SMILES string of the molecule is CCC(=O)N[C@@H](C)[C@H](c1cccs1)[NH+]1CCN(c2ccccc2OC)CC1. The average molecular weight is 389 g/mol. The van der Waals surface area contributed by atoms with E-state index in [1.807, 2.05) is 19.1 Å². The molecule has 2 heterocycles. The minimum atomic E-state index is 0.115. The Morgan fingerprint density at radius 1 is 1.26 bits per heavy atom. The van der Waals surface area contributed by atoms with Gasteiger partial charge in [-0.1, -0.05) is 25.1 Å². The fraction of sp³-hybridized carbons (Fsp3) is 0.476. The Morgan fingerprint density at radius 2 is 2.00 bits per heavy atom. The van der Waals surface area contributed by atoms with E-state index < -0.39 is 0 Å². The number of anilines is 1. The molecule has 27 heavy (non-hydrogen) atoms. The Bertz CT molecular complexity index is 727. The summed E-state index contributed by atoms with van der Waals surface area (Å²) in [5.41, 5.74) is 1.17. The van der Waals surface area contributed by atoms with Crippen LogP contribution in [-0.2, 0) is 4.79 Å². The molecule has 5 nitrogen and oxygen atoms in total. The van der Waals surface area contributed by atoms with Crippen LogP contribution in [0.1, 0.15) is 31.2 Å². The standard InChI is InChI=1S/C21H29N3O2S/c1-4-20(25)22-16(2)21(19-10-7-15-27-19)24-13-11-23(12-14-24)17-8-5-6-9-18(17)26-3/h5-10,15-16,21H,4,11-14H2,1-3H3,(H,22,25)/p+1/t16-,21+/m0/s1. The summed E-state index contributed by atoms with van der Waals surface area (Å²) < 4.78 is 5.53. The Balaban J connectivity index is 1.72. The second kappa shape index (κ2) is 9.24. The van der Waals surface area contributed by atoms with Gasteiger partial charge in [0.15, 0.2) is 0 Å². The zero-order chi connectivity index (χ0) is 19.2. The Labute approximate surface area is 165 Å². The van der Waals surface area contributed by atoms with Gasteiger partial charge in [-0.3, -0.25) is 4.79 Å². The third kappa shape index (κ3) is 4.62. The monoisotopic (exact) mass is 388 g/mol. The maximum Gasteiger partial charge on any atom is 0.220 e. The summed E-state index contributed by atoms with van der Waals surface area (Å²) in [7, 11) is 1.73. The Kier molecular flexibility index (Phi) is 6.74. The quantitative estimate of drug-likeness (QED) is 0.764. The molecule has 3 rings (SSSR count). The molecule has 1 aromatic carbocycles. The molecule has 146 valence electrons. The fourth-order valence-electron chi connectivity index (χ4n) is 3.95. The highest BCUT2D eigenvalue weighted by Crippen LogP contribution is 2.28. The maximum atomic E-state index is 11.9. The van der Waals surface area contributed by atoms with Crippen LogP contribution in [0.5, 0.6) is 5.75 Å². The molecule has 0 radical (unpaired) electrons. The molecule has 0 bridgehead atoms. The number of rotatable bonds is 7. The normalized spacial score (nSPS) is 17.4. The van der Waals surface area contributed by atoms with Crippen molar-refractivity contribution in [1.82, 2.24) is 5.32 Å². The topological polar surface area (TPSA) is 46.0 Å². The largest absolute Gasteiger partial charge is 0.495 e. The maximum absolute atomic E-state index is 11.9. The predicted octanol–water partition coefficient (Wildman–Crippen LogP) is 2.12. The summed E-state index contributed by atoms with van der Waals surface area (Å²) >= 11 is 1.79. The number of hydrogen-bond donors (Lipinski definition) is 2. The molecular weight excluding hydrogens is 358 g/mol. The molecule has 1 saturated heterocycles. The molecule has 1 aromatic heterocycles. The van der Waals surface area contributed by atoms with Crippen LogP contribution in [0.3, 0.4) is 0 Å². The number of amides is 1. The highest BCUT2D eigenvalue weighted by Gasteiger charge is 2.34. The van der Waals surface area contributed by atoms with Crippen LogP contribution in [-0.4, -0.2) is 45.2 Å². The van der Waals surface area contributed by atoms with E-state index in [-0.39, 0.29) is 11.9 Å². The van der Waals surface area contributed by atoms with Gasteiger partial charge in [0.1, 0.15) is 11.8 Å². The molecule has 2 atom stereocenters. The van der Waals surface area contributed by atoms with Gasteiger partial charge in [-0.05, 0) is 30.5 Å². The molecule has 1 aliphatic heterocycles. The van der Waals surface area contributed by atoms with E-state index in [0.717, 1.165) is 31.9 Å². The molecule has 0 spiro atoms. The van der Waals surface area contributed by atoms with E-state index in [9.17, 15) is 4.79 Å². The number of nitrogens with zero attached hydrogens (tertiary/aromatic N) is 1. The highest BCUT2D eigenvalue weighted by molar-refractivity contribution is 7.10. The van der Waals surface area contributed by atoms with Crippen molar-refractivity contribution < 1.29 is 14.4 Å². The van der Waals surface area contributed by atoms with Crippen molar-refractivity contribution in [2.24, 2.45) is 0 Å². The van der Waals surface area contributed by atoms with Crippen molar-refractivity contribution in [2.75, 3.05) is 38.2 Å². The van der Waals surface area contributed by atoms with E-state index in [0.29, 0.717) is 12.5 Å². The van der Waals surface area contributed by atoms with Gasteiger partial charge in [-0.2, -0.15) is 0 Å². The number of carbonyl (C=O) groups is 1. The molecular formula is C21H30N3O2S+. The highest BCUT2D eigenvalue weighted by atomic mass is 32.1. The van der Waals surface area contributed by atoms with Gasteiger partial charge in [0.05, 0.1) is 49.9 Å². The summed E-state index contributed by atoms with van der Waals surface area (Å²) in [6.45, 7) is 8.07. The first-order chi connectivity index (χ1) is 13.1. The second-order valence-corrected chi connectivity index (χ2v) is 8.00. The summed E-state index contributed by atoms with van der Waals surface area (Å²) in [4.78, 5) is 17.2. The number of methoxy groups -OCH3 is 1. The number of piperazine rings is 1. The minimum absolute atomic E-state index is 0.115. The predicted molar refractivity (Wildman–Crippen MR) is 111 cm³/mol. The molecule has 0 aliphatic carbocycles. The van der Waals surface area contributed by atoms with Crippen LogP contribution in [0.2, 0.25) is 0 Å². The first-order valence-electron chi connectivity index (χ1n) is 9.69. The van der Waals surface area contributed by atoms with Crippen molar-refractivity contribution in [3.63, 3.8) is 0 Å². The van der Waals surface area contributed by atoms with E-state index in [4.69, 9.17) is 4.74 Å². The Morgan fingerprint density at radius 3 is 2.63 bits per heavy atom. The molecule has 1 fully saturated rings.